The maximum Gasteiger partial charge on any atom is 0.171 e. The molecule has 1 aromatic heterocycles. The molecule has 0 bridgehead atoms. The molecule has 0 aliphatic carbocycles. The molecule has 106 valence electrons. The van der Waals surface area contributed by atoms with Crippen LogP contribution in [0.1, 0.15) is 6.92 Å². The molecular weight excluding hydrogens is 372 g/mol. The highest BCUT2D eigenvalue weighted by molar-refractivity contribution is 9.10. The minimum Gasteiger partial charge on any atom is -0.337 e. The Balaban J connectivity index is 2.40. The van der Waals surface area contributed by atoms with Crippen LogP contribution in [0, 0.1) is 0 Å². The summed E-state index contributed by atoms with van der Waals surface area (Å²) in [5.74, 6) is 2.26. The molecule has 1 saturated heterocycles. The van der Waals surface area contributed by atoms with Gasteiger partial charge in [-0.3, -0.25) is 0 Å². The summed E-state index contributed by atoms with van der Waals surface area (Å²) in [5, 5.41) is 0.0122. The van der Waals surface area contributed by atoms with E-state index < -0.39 is 15.2 Å². The lowest BCUT2D eigenvalue weighted by Crippen LogP contribution is -2.48. The summed E-state index contributed by atoms with van der Waals surface area (Å²) in [5.41, 5.74) is 0. The number of nitrogens with zero attached hydrogens (tertiary/aromatic N) is 2. The van der Waals surface area contributed by atoms with E-state index in [0.29, 0.717) is 23.1 Å². The standard InChI is InChI=1S/C11H14BrClN2O2S2/c1-2-19(16,17)10-7-18-4-3-15(10)11-9(12)5-8(13)6-14-11/h5-6,10H,2-4,7H2,1H3. The van der Waals surface area contributed by atoms with Gasteiger partial charge < -0.3 is 4.90 Å². The van der Waals surface area contributed by atoms with Crippen molar-refractivity contribution in [1.82, 2.24) is 4.98 Å². The largest absolute Gasteiger partial charge is 0.337 e. The second-order valence-corrected chi connectivity index (χ2v) is 9.02. The maximum absolute atomic E-state index is 12.2. The quantitative estimate of drug-likeness (QED) is 0.801. The summed E-state index contributed by atoms with van der Waals surface area (Å²) in [6.45, 7) is 2.35. The molecule has 2 heterocycles. The van der Waals surface area contributed by atoms with Crippen LogP contribution in [0.15, 0.2) is 16.7 Å². The van der Waals surface area contributed by atoms with E-state index in [1.165, 1.54) is 0 Å². The number of aromatic nitrogens is 1. The van der Waals surface area contributed by atoms with Crippen LogP contribution in [0.3, 0.4) is 0 Å². The lowest BCUT2D eigenvalue weighted by Gasteiger charge is -2.36. The fraction of sp³-hybridized carbons (Fsp3) is 0.545. The third kappa shape index (κ3) is 3.37. The number of halogens is 2. The molecule has 0 aromatic carbocycles. The topological polar surface area (TPSA) is 50.3 Å². The molecule has 0 spiro atoms. The molecule has 1 aromatic rings. The molecule has 8 heteroatoms. The van der Waals surface area contributed by atoms with Crippen LogP contribution < -0.4 is 4.90 Å². The van der Waals surface area contributed by atoms with Gasteiger partial charge >= 0.3 is 0 Å². The predicted octanol–water partition coefficient (Wildman–Crippen LogP) is 2.81. The molecule has 1 aliphatic heterocycles. The number of rotatable bonds is 3. The van der Waals surface area contributed by atoms with Gasteiger partial charge in [0.05, 0.1) is 9.50 Å². The molecule has 0 saturated carbocycles. The van der Waals surface area contributed by atoms with Crippen molar-refractivity contribution in [2.45, 2.75) is 12.3 Å². The van der Waals surface area contributed by atoms with E-state index in [1.54, 1.807) is 30.9 Å². The monoisotopic (exact) mass is 384 g/mol. The third-order valence-corrected chi connectivity index (χ3v) is 7.04. The first-order valence-electron chi connectivity index (χ1n) is 5.82. The minimum atomic E-state index is -3.13. The molecule has 1 atom stereocenters. The Morgan fingerprint density at radius 3 is 3.00 bits per heavy atom. The number of thioether (sulfide) groups is 1. The molecule has 1 unspecified atom stereocenters. The summed E-state index contributed by atoms with van der Waals surface area (Å²) in [7, 11) is -3.13. The number of hydrogen-bond acceptors (Lipinski definition) is 5. The van der Waals surface area contributed by atoms with Gasteiger partial charge in [0.25, 0.3) is 0 Å². The summed E-state index contributed by atoms with van der Waals surface area (Å²) < 4.78 is 25.1. The van der Waals surface area contributed by atoms with Gasteiger partial charge in [-0.05, 0) is 22.0 Å². The number of hydrogen-bond donors (Lipinski definition) is 0. The SMILES string of the molecule is CCS(=O)(=O)C1CSCCN1c1ncc(Cl)cc1Br. The van der Waals surface area contributed by atoms with Crippen LogP contribution in [0.4, 0.5) is 5.82 Å². The second kappa shape index (κ2) is 6.20. The molecule has 2 rings (SSSR count). The average Bonchev–Trinajstić information content (AvgIpc) is 2.39. The normalized spacial score (nSPS) is 20.6. The molecule has 1 aliphatic rings. The predicted molar refractivity (Wildman–Crippen MR) is 84.9 cm³/mol. The second-order valence-electron chi connectivity index (χ2n) is 4.13. The summed E-state index contributed by atoms with van der Waals surface area (Å²) >= 11 is 10.9. The van der Waals surface area contributed by atoms with Crippen LogP contribution in [0.5, 0.6) is 0 Å². The highest BCUT2D eigenvalue weighted by atomic mass is 79.9. The Bertz CT molecular complexity index is 568. The number of sulfone groups is 1. The van der Waals surface area contributed by atoms with Crippen molar-refractivity contribution < 1.29 is 8.42 Å². The summed E-state index contributed by atoms with van der Waals surface area (Å²) in [4.78, 5) is 6.13. The van der Waals surface area contributed by atoms with E-state index in [2.05, 4.69) is 20.9 Å². The molecular formula is C11H14BrClN2O2S2. The fourth-order valence-corrected chi connectivity index (χ4v) is 5.77. The minimum absolute atomic E-state index is 0.139. The summed E-state index contributed by atoms with van der Waals surface area (Å²) in [6.07, 6.45) is 1.54. The lowest BCUT2D eigenvalue weighted by atomic mass is 10.4. The van der Waals surface area contributed by atoms with Crippen molar-refractivity contribution in [3.05, 3.63) is 21.8 Å². The van der Waals surface area contributed by atoms with Crippen molar-refractivity contribution in [2.75, 3.05) is 28.7 Å². The zero-order chi connectivity index (χ0) is 14.0. The first-order valence-corrected chi connectivity index (χ1v) is 9.87. The van der Waals surface area contributed by atoms with Crippen LogP contribution >= 0.6 is 39.3 Å². The van der Waals surface area contributed by atoms with E-state index in [4.69, 9.17) is 11.6 Å². The smallest absolute Gasteiger partial charge is 0.171 e. The van der Waals surface area contributed by atoms with Crippen LogP contribution in [0.2, 0.25) is 5.02 Å². The van der Waals surface area contributed by atoms with Crippen molar-refractivity contribution in [1.29, 1.82) is 0 Å². The zero-order valence-corrected chi connectivity index (χ0v) is 14.3. The Hall–Kier alpha value is 0.0200. The van der Waals surface area contributed by atoms with Crippen LogP contribution in [-0.4, -0.2) is 42.6 Å². The number of anilines is 1. The fourth-order valence-electron chi connectivity index (χ4n) is 1.93. The first-order chi connectivity index (χ1) is 8.95. The van der Waals surface area contributed by atoms with E-state index >= 15 is 0 Å². The highest BCUT2D eigenvalue weighted by Crippen LogP contribution is 2.32. The molecule has 19 heavy (non-hydrogen) atoms. The lowest BCUT2D eigenvalue weighted by molar-refractivity contribution is 0.578. The third-order valence-electron chi connectivity index (χ3n) is 2.96. The van der Waals surface area contributed by atoms with Gasteiger partial charge in [0.1, 0.15) is 11.2 Å². The van der Waals surface area contributed by atoms with Gasteiger partial charge in [-0.2, -0.15) is 11.8 Å². The van der Waals surface area contributed by atoms with Gasteiger partial charge in [-0.15, -0.1) is 0 Å². The average molecular weight is 386 g/mol. The Morgan fingerprint density at radius 2 is 2.37 bits per heavy atom. The molecule has 0 amide bonds. The van der Waals surface area contributed by atoms with Gasteiger partial charge in [-0.25, -0.2) is 13.4 Å². The first kappa shape index (κ1) is 15.4. The highest BCUT2D eigenvalue weighted by Gasteiger charge is 2.34. The van der Waals surface area contributed by atoms with Crippen LogP contribution in [-0.2, 0) is 9.84 Å². The van der Waals surface area contributed by atoms with E-state index in [1.807, 2.05) is 4.90 Å². The Labute approximate surface area is 131 Å². The van der Waals surface area contributed by atoms with Gasteiger partial charge in [-0.1, -0.05) is 18.5 Å². The molecule has 0 N–H and O–H groups in total. The Kier molecular flexibility index (Phi) is 5.03. The van der Waals surface area contributed by atoms with Gasteiger partial charge in [0, 0.05) is 30.0 Å². The van der Waals surface area contributed by atoms with E-state index in [9.17, 15) is 8.42 Å². The molecule has 1 fully saturated rings. The van der Waals surface area contributed by atoms with Crippen molar-refractivity contribution >= 4 is 54.9 Å². The van der Waals surface area contributed by atoms with E-state index in [-0.39, 0.29) is 5.75 Å². The Morgan fingerprint density at radius 1 is 1.63 bits per heavy atom. The van der Waals surface area contributed by atoms with Gasteiger partial charge in [0.2, 0.25) is 0 Å². The van der Waals surface area contributed by atoms with E-state index in [0.717, 1.165) is 10.2 Å². The molecule has 0 radical (unpaired) electrons. The van der Waals surface area contributed by atoms with Crippen molar-refractivity contribution in [2.24, 2.45) is 0 Å². The summed E-state index contributed by atoms with van der Waals surface area (Å²) in [6, 6.07) is 1.74. The zero-order valence-electron chi connectivity index (χ0n) is 10.3. The molecule has 4 nitrogen and oxygen atoms in total. The van der Waals surface area contributed by atoms with Crippen molar-refractivity contribution in [3.63, 3.8) is 0 Å². The van der Waals surface area contributed by atoms with Gasteiger partial charge in [0.15, 0.2) is 9.84 Å². The van der Waals surface area contributed by atoms with Crippen molar-refractivity contribution in [3.8, 4) is 0 Å². The number of pyridine rings is 1. The maximum atomic E-state index is 12.2. The van der Waals surface area contributed by atoms with Crippen LogP contribution in [0.25, 0.3) is 0 Å².